The van der Waals surface area contributed by atoms with Gasteiger partial charge in [0.05, 0.1) is 23.6 Å². The molecule has 0 spiro atoms. The fourth-order valence-corrected chi connectivity index (χ4v) is 3.27. The lowest BCUT2D eigenvalue weighted by atomic mass is 9.98. The number of rotatable bonds is 3. The number of carbonyl (C=O) groups is 1. The van der Waals surface area contributed by atoms with Crippen LogP contribution in [0.3, 0.4) is 0 Å². The number of carbonyl (C=O) groups excluding carboxylic acids is 1. The second-order valence-electron chi connectivity index (χ2n) is 6.18. The first-order valence-corrected chi connectivity index (χ1v) is 8.78. The molecule has 0 bridgehead atoms. The molecule has 5 nitrogen and oxygen atoms in total. The Hall–Kier alpha value is -3.36. The number of benzene rings is 2. The molecule has 2 aromatic carbocycles. The van der Waals surface area contributed by atoms with Gasteiger partial charge >= 0.3 is 0 Å². The molecule has 2 heterocycles. The summed E-state index contributed by atoms with van der Waals surface area (Å²) in [5.41, 5.74) is 5.65. The Morgan fingerprint density at radius 1 is 1.25 bits per heavy atom. The van der Waals surface area contributed by atoms with E-state index >= 15 is 0 Å². The van der Waals surface area contributed by atoms with Crippen LogP contribution in [0.2, 0.25) is 0 Å². The zero-order chi connectivity index (χ0) is 18.8. The third kappa shape index (κ3) is 3.30. The van der Waals surface area contributed by atoms with Gasteiger partial charge in [0.1, 0.15) is 6.33 Å². The summed E-state index contributed by atoms with van der Waals surface area (Å²) in [5.74, 6) is 2.50. The van der Waals surface area contributed by atoms with Crippen LogP contribution in [0.25, 0.3) is 5.69 Å². The van der Waals surface area contributed by atoms with Crippen LogP contribution in [0, 0.1) is 12.3 Å². The van der Waals surface area contributed by atoms with Crippen molar-refractivity contribution in [2.75, 3.05) is 6.54 Å². The lowest BCUT2D eigenvalue weighted by molar-refractivity contribution is 0.0950. The van der Waals surface area contributed by atoms with E-state index < -0.39 is 0 Å². The second-order valence-corrected chi connectivity index (χ2v) is 6.18. The van der Waals surface area contributed by atoms with Gasteiger partial charge in [-0.25, -0.2) is 4.98 Å². The Morgan fingerprint density at radius 2 is 2.04 bits per heavy atom. The third-order valence-corrected chi connectivity index (χ3v) is 4.53. The van der Waals surface area contributed by atoms with Crippen LogP contribution in [0.5, 0.6) is 0 Å². The van der Waals surface area contributed by atoms with E-state index in [1.165, 1.54) is 0 Å². The molecule has 0 aliphatic carbocycles. The average molecular weight is 391 g/mol. The van der Waals surface area contributed by atoms with Crippen molar-refractivity contribution >= 4 is 24.0 Å². The summed E-state index contributed by atoms with van der Waals surface area (Å²) < 4.78 is 1.93. The van der Waals surface area contributed by atoms with Crippen molar-refractivity contribution in [1.29, 1.82) is 0 Å². The van der Waals surface area contributed by atoms with Gasteiger partial charge in [0.2, 0.25) is 0 Å². The summed E-state index contributed by atoms with van der Waals surface area (Å²) in [6.07, 6.45) is 7.29. The maximum absolute atomic E-state index is 12.4. The van der Waals surface area contributed by atoms with E-state index in [0.29, 0.717) is 18.8 Å². The van der Waals surface area contributed by atoms with E-state index in [9.17, 15) is 4.79 Å². The van der Waals surface area contributed by atoms with Crippen molar-refractivity contribution in [3.8, 4) is 18.0 Å². The second kappa shape index (κ2) is 8.12. The minimum Gasteiger partial charge on any atom is -0.351 e. The Morgan fingerprint density at radius 3 is 2.75 bits per heavy atom. The average Bonchev–Trinajstić information content (AvgIpc) is 3.06. The number of fused-ring (bicyclic) bond motifs is 3. The number of hydrogen-bond acceptors (Lipinski definition) is 3. The Kier molecular flexibility index (Phi) is 5.62. The summed E-state index contributed by atoms with van der Waals surface area (Å²) in [5, 5.41) is 2.81. The van der Waals surface area contributed by atoms with Gasteiger partial charge in [-0.15, -0.1) is 18.8 Å². The highest BCUT2D eigenvalue weighted by atomic mass is 35.5. The molecular formula is C22H19ClN4O. The van der Waals surface area contributed by atoms with Crippen LogP contribution in [-0.4, -0.2) is 27.7 Å². The number of amides is 1. The van der Waals surface area contributed by atoms with Crippen molar-refractivity contribution < 1.29 is 4.79 Å². The van der Waals surface area contributed by atoms with E-state index in [1.807, 2.05) is 60.0 Å². The minimum atomic E-state index is -0.189. The number of nitrogens with one attached hydrogen (secondary N) is 1. The smallest absolute Gasteiger partial charge is 0.271 e. The summed E-state index contributed by atoms with van der Waals surface area (Å²) in [7, 11) is 0. The van der Waals surface area contributed by atoms with E-state index in [4.69, 9.17) is 11.4 Å². The molecule has 28 heavy (non-hydrogen) atoms. The maximum Gasteiger partial charge on any atom is 0.271 e. The van der Waals surface area contributed by atoms with Crippen molar-refractivity contribution in [1.82, 2.24) is 14.9 Å². The first kappa shape index (κ1) is 19.4. The molecule has 1 aromatic heterocycles. The number of nitrogens with zero attached hydrogens (tertiary/aromatic N) is 3. The fraction of sp³-hybridized carbons (Fsp3) is 0.136. The van der Waals surface area contributed by atoms with Crippen molar-refractivity contribution in [2.24, 2.45) is 4.99 Å². The Labute approximate surface area is 169 Å². The van der Waals surface area contributed by atoms with Gasteiger partial charge in [-0.05, 0) is 25.1 Å². The molecule has 140 valence electrons. The molecule has 1 N–H and O–H groups in total. The van der Waals surface area contributed by atoms with Crippen LogP contribution in [0.4, 0.5) is 0 Å². The van der Waals surface area contributed by atoms with Gasteiger partial charge in [0, 0.05) is 23.2 Å². The largest absolute Gasteiger partial charge is 0.351 e. The van der Waals surface area contributed by atoms with Crippen LogP contribution in [-0.2, 0) is 6.54 Å². The van der Waals surface area contributed by atoms with Crippen molar-refractivity contribution in [3.63, 3.8) is 0 Å². The fourth-order valence-electron chi connectivity index (χ4n) is 3.27. The normalized spacial score (nSPS) is 11.8. The lowest BCUT2D eigenvalue weighted by Crippen LogP contribution is -2.24. The number of halogens is 1. The SMILES string of the molecule is C#Cc1ccc2c(c1)C(c1ccccc1)=NCc1c(C(=O)NCC)ncn1-2.Cl. The molecule has 1 amide bonds. The summed E-state index contributed by atoms with van der Waals surface area (Å²) in [4.78, 5) is 21.6. The number of aliphatic imine (C=N–C) groups is 1. The highest BCUT2D eigenvalue weighted by molar-refractivity contribution is 6.15. The van der Waals surface area contributed by atoms with Crippen molar-refractivity contribution in [3.05, 3.63) is 82.9 Å². The Bertz CT molecular complexity index is 1090. The molecule has 0 atom stereocenters. The quantitative estimate of drug-likeness (QED) is 0.697. The first-order valence-electron chi connectivity index (χ1n) is 8.78. The number of imidazole rings is 1. The lowest BCUT2D eigenvalue weighted by Gasteiger charge is -2.12. The van der Waals surface area contributed by atoms with Crippen LogP contribution < -0.4 is 5.32 Å². The van der Waals surface area contributed by atoms with Gasteiger partial charge < -0.3 is 5.32 Å². The summed E-state index contributed by atoms with van der Waals surface area (Å²) in [6.45, 7) is 2.79. The Balaban J connectivity index is 0.00000225. The van der Waals surface area contributed by atoms with Crippen molar-refractivity contribution in [2.45, 2.75) is 13.5 Å². The third-order valence-electron chi connectivity index (χ3n) is 4.53. The summed E-state index contributed by atoms with van der Waals surface area (Å²) >= 11 is 0. The predicted octanol–water partition coefficient (Wildman–Crippen LogP) is 3.38. The summed E-state index contributed by atoms with van der Waals surface area (Å²) in [6, 6.07) is 15.8. The topological polar surface area (TPSA) is 59.3 Å². The predicted molar refractivity (Wildman–Crippen MR) is 113 cm³/mol. The molecule has 0 saturated heterocycles. The highest BCUT2D eigenvalue weighted by Crippen LogP contribution is 2.27. The number of terminal acetylenes is 1. The van der Waals surface area contributed by atoms with Crippen LogP contribution >= 0.6 is 12.4 Å². The standard InChI is InChI=1S/C22H18N4O.ClH/c1-3-15-10-11-18-17(12-15)20(16-8-6-5-7-9-16)24-13-19-21(22(27)23-4-2)25-14-26(18)19;/h1,5-12,14H,4,13H2,2H3,(H,23,27);1H. The van der Waals surface area contributed by atoms with Crippen LogP contribution in [0.15, 0.2) is 59.9 Å². The highest BCUT2D eigenvalue weighted by Gasteiger charge is 2.24. The van der Waals surface area contributed by atoms with E-state index in [-0.39, 0.29) is 18.3 Å². The first-order chi connectivity index (χ1) is 13.2. The molecule has 0 unspecified atom stereocenters. The zero-order valence-electron chi connectivity index (χ0n) is 15.3. The maximum atomic E-state index is 12.4. The van der Waals surface area contributed by atoms with Crippen LogP contribution in [0.1, 0.15) is 39.8 Å². The molecule has 4 rings (SSSR count). The van der Waals surface area contributed by atoms with E-state index in [1.54, 1.807) is 6.33 Å². The van der Waals surface area contributed by atoms with Gasteiger partial charge in [0.25, 0.3) is 5.91 Å². The molecule has 3 aromatic rings. The van der Waals surface area contributed by atoms with Gasteiger partial charge in [-0.3, -0.25) is 14.4 Å². The van der Waals surface area contributed by atoms with Gasteiger partial charge in [-0.2, -0.15) is 0 Å². The minimum absolute atomic E-state index is 0. The van der Waals surface area contributed by atoms with Gasteiger partial charge in [0.15, 0.2) is 5.69 Å². The molecule has 1 aliphatic heterocycles. The molecule has 0 radical (unpaired) electrons. The zero-order valence-corrected chi connectivity index (χ0v) is 16.2. The van der Waals surface area contributed by atoms with E-state index in [0.717, 1.165) is 33.8 Å². The molecule has 0 fully saturated rings. The molecule has 0 saturated carbocycles. The number of aromatic nitrogens is 2. The van der Waals surface area contributed by atoms with Gasteiger partial charge in [-0.1, -0.05) is 36.3 Å². The van der Waals surface area contributed by atoms with E-state index in [2.05, 4.69) is 16.2 Å². The number of hydrogen-bond donors (Lipinski definition) is 1. The monoisotopic (exact) mass is 390 g/mol. The molecule has 6 heteroatoms. The molecular weight excluding hydrogens is 372 g/mol. The molecule has 1 aliphatic rings.